The number of rotatable bonds is 3. The van der Waals surface area contributed by atoms with Gasteiger partial charge in [0.15, 0.2) is 0 Å². The van der Waals surface area contributed by atoms with E-state index < -0.39 is 0 Å². The maximum absolute atomic E-state index is 6.25. The van der Waals surface area contributed by atoms with E-state index in [1.165, 1.54) is 79.0 Å². The Kier molecular flexibility index (Phi) is 4.60. The molecule has 2 aliphatic carbocycles. The molecule has 3 heteroatoms. The summed E-state index contributed by atoms with van der Waals surface area (Å²) in [5.74, 6) is 1.04. The van der Waals surface area contributed by atoms with E-state index in [1.807, 2.05) is 0 Å². The molecule has 1 aromatic rings. The van der Waals surface area contributed by atoms with Gasteiger partial charge in [-0.3, -0.25) is 0 Å². The van der Waals surface area contributed by atoms with Crippen LogP contribution in [0.4, 0.5) is 0 Å². The Balaban J connectivity index is 2.14. The minimum Gasteiger partial charge on any atom is -0.495 e. The average Bonchev–Trinajstić information content (AvgIpc) is 2.55. The van der Waals surface area contributed by atoms with Crippen molar-refractivity contribution in [2.45, 2.75) is 63.2 Å². The van der Waals surface area contributed by atoms with E-state index in [0.29, 0.717) is 0 Å². The monoisotopic (exact) mass is 351 g/mol. The fourth-order valence-corrected chi connectivity index (χ4v) is 5.07. The summed E-state index contributed by atoms with van der Waals surface area (Å²) >= 11 is 3.83. The van der Waals surface area contributed by atoms with Crippen molar-refractivity contribution in [2.75, 3.05) is 13.7 Å². The lowest BCUT2D eigenvalue weighted by Crippen LogP contribution is -2.37. The molecule has 116 valence electrons. The molecule has 0 amide bonds. The number of methoxy groups -OCH3 is 1. The first kappa shape index (κ1) is 15.4. The summed E-state index contributed by atoms with van der Waals surface area (Å²) in [5, 5.41) is 0. The largest absolute Gasteiger partial charge is 0.495 e. The van der Waals surface area contributed by atoms with Gasteiger partial charge in [-0.25, -0.2) is 0 Å². The average molecular weight is 352 g/mol. The lowest BCUT2D eigenvalue weighted by molar-refractivity contribution is 0.286. The Bertz CT molecular complexity index is 520. The second-order valence-electron chi connectivity index (χ2n) is 6.66. The van der Waals surface area contributed by atoms with Crippen LogP contribution in [0.5, 0.6) is 5.75 Å². The topological polar surface area (TPSA) is 35.2 Å². The summed E-state index contributed by atoms with van der Waals surface area (Å²) in [6, 6.07) is 2.43. The van der Waals surface area contributed by atoms with Gasteiger partial charge in [0.05, 0.1) is 11.6 Å². The molecule has 0 saturated heterocycles. The third kappa shape index (κ3) is 2.63. The fraction of sp³-hybridized carbons (Fsp3) is 0.667. The van der Waals surface area contributed by atoms with Crippen LogP contribution in [0, 0.1) is 0 Å². The van der Waals surface area contributed by atoms with Gasteiger partial charge in [0.25, 0.3) is 0 Å². The standard InChI is InChI=1S/C18H26BrNO/c1-21-17-15(18(12-20)9-5-2-6-10-18)11-13-7-3-4-8-14(13)16(17)19/h11H,2-10,12,20H2,1H3. The van der Waals surface area contributed by atoms with E-state index in [0.717, 1.165) is 12.3 Å². The second-order valence-corrected chi connectivity index (χ2v) is 7.45. The first-order valence-electron chi connectivity index (χ1n) is 8.30. The van der Waals surface area contributed by atoms with Gasteiger partial charge in [0.2, 0.25) is 0 Å². The van der Waals surface area contributed by atoms with Crippen molar-refractivity contribution in [3.05, 3.63) is 27.2 Å². The molecule has 1 fully saturated rings. The van der Waals surface area contributed by atoms with Gasteiger partial charge >= 0.3 is 0 Å². The molecule has 2 aliphatic rings. The zero-order chi connectivity index (χ0) is 14.9. The molecule has 0 aromatic heterocycles. The molecule has 21 heavy (non-hydrogen) atoms. The maximum Gasteiger partial charge on any atom is 0.137 e. The number of ether oxygens (including phenoxy) is 1. The van der Waals surface area contributed by atoms with Crippen molar-refractivity contribution in [2.24, 2.45) is 5.73 Å². The van der Waals surface area contributed by atoms with Crippen molar-refractivity contribution in [3.63, 3.8) is 0 Å². The smallest absolute Gasteiger partial charge is 0.137 e. The Labute approximate surface area is 136 Å². The highest BCUT2D eigenvalue weighted by Gasteiger charge is 2.37. The minimum absolute atomic E-state index is 0.124. The van der Waals surface area contributed by atoms with Crippen molar-refractivity contribution in [1.29, 1.82) is 0 Å². The van der Waals surface area contributed by atoms with E-state index in [2.05, 4.69) is 22.0 Å². The van der Waals surface area contributed by atoms with Crippen LogP contribution < -0.4 is 10.5 Å². The molecule has 0 bridgehead atoms. The number of nitrogens with two attached hydrogens (primary N) is 1. The Hall–Kier alpha value is -0.540. The van der Waals surface area contributed by atoms with Crippen LogP contribution in [0.1, 0.15) is 61.6 Å². The molecule has 0 radical (unpaired) electrons. The highest BCUT2D eigenvalue weighted by molar-refractivity contribution is 9.10. The Morgan fingerprint density at radius 3 is 2.52 bits per heavy atom. The van der Waals surface area contributed by atoms with Gasteiger partial charge in [-0.1, -0.05) is 25.3 Å². The normalized spacial score (nSPS) is 20.9. The van der Waals surface area contributed by atoms with Gasteiger partial charge in [-0.05, 0) is 65.6 Å². The molecule has 0 unspecified atom stereocenters. The third-order valence-electron chi connectivity index (χ3n) is 5.51. The molecular formula is C18H26BrNO. The molecule has 0 aliphatic heterocycles. The van der Waals surface area contributed by atoms with Crippen molar-refractivity contribution in [1.82, 2.24) is 0 Å². The first-order valence-corrected chi connectivity index (χ1v) is 9.10. The van der Waals surface area contributed by atoms with Crippen LogP contribution in [0.3, 0.4) is 0 Å². The highest BCUT2D eigenvalue weighted by Crippen LogP contribution is 2.47. The van der Waals surface area contributed by atoms with Crippen molar-refractivity contribution in [3.8, 4) is 5.75 Å². The SMILES string of the molecule is COc1c(C2(CN)CCCCC2)cc2c(c1Br)CCCC2. The first-order chi connectivity index (χ1) is 10.2. The van der Waals surface area contributed by atoms with E-state index in [1.54, 1.807) is 7.11 Å². The summed E-state index contributed by atoms with van der Waals surface area (Å²) < 4.78 is 7.01. The molecule has 0 heterocycles. The summed E-state index contributed by atoms with van der Waals surface area (Å²) in [6.07, 6.45) is 11.3. The number of hydrogen-bond donors (Lipinski definition) is 1. The molecule has 0 atom stereocenters. The van der Waals surface area contributed by atoms with Gasteiger partial charge in [-0.2, -0.15) is 0 Å². The van der Waals surface area contributed by atoms with Crippen LogP contribution in [0.2, 0.25) is 0 Å². The third-order valence-corrected chi connectivity index (χ3v) is 6.35. The summed E-state index contributed by atoms with van der Waals surface area (Å²) in [4.78, 5) is 0. The molecule has 1 saturated carbocycles. The van der Waals surface area contributed by atoms with Crippen LogP contribution >= 0.6 is 15.9 Å². The van der Waals surface area contributed by atoms with Gasteiger partial charge in [0.1, 0.15) is 5.75 Å². The van der Waals surface area contributed by atoms with Crippen molar-refractivity contribution < 1.29 is 4.74 Å². The van der Waals surface area contributed by atoms with Crippen LogP contribution in [0.25, 0.3) is 0 Å². The molecule has 2 nitrogen and oxygen atoms in total. The summed E-state index contributed by atoms with van der Waals surface area (Å²) in [6.45, 7) is 0.731. The molecule has 2 N–H and O–H groups in total. The van der Waals surface area contributed by atoms with E-state index in [-0.39, 0.29) is 5.41 Å². The summed E-state index contributed by atoms with van der Waals surface area (Å²) in [7, 11) is 1.80. The number of hydrogen-bond acceptors (Lipinski definition) is 2. The molecule has 3 rings (SSSR count). The Morgan fingerprint density at radius 1 is 1.14 bits per heavy atom. The van der Waals surface area contributed by atoms with E-state index in [4.69, 9.17) is 10.5 Å². The number of aryl methyl sites for hydroxylation is 1. The van der Waals surface area contributed by atoms with Crippen LogP contribution in [-0.4, -0.2) is 13.7 Å². The van der Waals surface area contributed by atoms with Crippen LogP contribution in [0.15, 0.2) is 10.5 Å². The zero-order valence-corrected chi connectivity index (χ0v) is 14.6. The predicted octanol–water partition coefficient (Wildman–Crippen LogP) is 4.50. The number of fused-ring (bicyclic) bond motifs is 1. The lowest BCUT2D eigenvalue weighted by atomic mass is 9.68. The summed E-state index contributed by atoms with van der Waals surface area (Å²) in [5.41, 5.74) is 10.7. The fourth-order valence-electron chi connectivity index (χ4n) is 4.24. The maximum atomic E-state index is 6.25. The number of halogens is 1. The quantitative estimate of drug-likeness (QED) is 0.870. The molecular weight excluding hydrogens is 326 g/mol. The second kappa shape index (κ2) is 6.29. The number of benzene rings is 1. The van der Waals surface area contributed by atoms with Crippen LogP contribution in [-0.2, 0) is 18.3 Å². The zero-order valence-electron chi connectivity index (χ0n) is 13.0. The lowest BCUT2D eigenvalue weighted by Gasteiger charge is -2.39. The predicted molar refractivity (Wildman–Crippen MR) is 91.2 cm³/mol. The van der Waals surface area contributed by atoms with E-state index in [9.17, 15) is 0 Å². The van der Waals surface area contributed by atoms with Gasteiger partial charge < -0.3 is 10.5 Å². The molecule has 0 spiro atoms. The highest BCUT2D eigenvalue weighted by atomic mass is 79.9. The van der Waals surface area contributed by atoms with E-state index >= 15 is 0 Å². The van der Waals surface area contributed by atoms with Gasteiger partial charge in [-0.15, -0.1) is 0 Å². The van der Waals surface area contributed by atoms with Gasteiger partial charge in [0, 0.05) is 17.5 Å². The molecule has 1 aromatic carbocycles. The Morgan fingerprint density at radius 2 is 1.86 bits per heavy atom. The minimum atomic E-state index is 0.124. The van der Waals surface area contributed by atoms with Crippen molar-refractivity contribution >= 4 is 15.9 Å².